The molecule has 1 aromatic heterocycles. The van der Waals surface area contributed by atoms with Gasteiger partial charge in [0.1, 0.15) is 11.9 Å². The predicted octanol–water partition coefficient (Wildman–Crippen LogP) is 3.40. The van der Waals surface area contributed by atoms with Crippen LogP contribution in [0, 0.1) is 18.3 Å². The number of nitrogens with two attached hydrogens (primary N) is 1. The van der Waals surface area contributed by atoms with Crippen LogP contribution in [0.3, 0.4) is 0 Å². The van der Waals surface area contributed by atoms with Crippen molar-refractivity contribution in [3.63, 3.8) is 0 Å². The second kappa shape index (κ2) is 5.87. The monoisotopic (exact) mass is 272 g/mol. The largest absolute Gasteiger partial charge is 0.483 e. The van der Waals surface area contributed by atoms with Crippen LogP contribution in [0.25, 0.3) is 0 Å². The third-order valence-electron chi connectivity index (χ3n) is 2.75. The van der Waals surface area contributed by atoms with Crippen molar-refractivity contribution in [2.75, 3.05) is 0 Å². The fourth-order valence-electron chi connectivity index (χ4n) is 1.82. The van der Waals surface area contributed by atoms with E-state index in [1.54, 1.807) is 23.5 Å². The smallest absolute Gasteiger partial charge is 0.148 e. The Morgan fingerprint density at radius 3 is 2.68 bits per heavy atom. The molecule has 98 valence electrons. The van der Waals surface area contributed by atoms with Gasteiger partial charge < -0.3 is 10.5 Å². The van der Waals surface area contributed by atoms with Gasteiger partial charge in [0.05, 0.1) is 11.6 Å². The van der Waals surface area contributed by atoms with Crippen LogP contribution in [-0.4, -0.2) is 6.04 Å². The van der Waals surface area contributed by atoms with Crippen LogP contribution in [-0.2, 0) is 0 Å². The normalized spacial score (nSPS) is 13.6. The molecule has 0 aliphatic heterocycles. The van der Waals surface area contributed by atoms with Crippen LogP contribution < -0.4 is 10.5 Å². The summed E-state index contributed by atoms with van der Waals surface area (Å²) in [6.07, 6.45) is -0.187. The molecule has 1 aromatic carbocycles. The van der Waals surface area contributed by atoms with E-state index in [0.717, 1.165) is 4.88 Å². The number of nitrogens with zero attached hydrogens (tertiary/aromatic N) is 1. The summed E-state index contributed by atoms with van der Waals surface area (Å²) in [5.41, 5.74) is 6.60. The van der Waals surface area contributed by atoms with Crippen LogP contribution in [0.5, 0.6) is 5.75 Å². The maximum absolute atomic E-state index is 8.90. The second-order valence-corrected chi connectivity index (χ2v) is 5.81. The molecule has 0 aliphatic carbocycles. The van der Waals surface area contributed by atoms with E-state index >= 15 is 0 Å². The minimum absolute atomic E-state index is 0.121. The van der Waals surface area contributed by atoms with Gasteiger partial charge in [-0.15, -0.1) is 11.3 Å². The minimum atomic E-state index is -0.187. The molecule has 4 heteroatoms. The lowest BCUT2D eigenvalue weighted by molar-refractivity contribution is 0.184. The number of thiophene rings is 1. The molecule has 2 unspecified atom stereocenters. The Labute approximate surface area is 117 Å². The van der Waals surface area contributed by atoms with E-state index in [9.17, 15) is 0 Å². The van der Waals surface area contributed by atoms with Crippen molar-refractivity contribution in [2.45, 2.75) is 26.0 Å². The van der Waals surface area contributed by atoms with Gasteiger partial charge in [0.25, 0.3) is 0 Å². The Hall–Kier alpha value is -1.83. The quantitative estimate of drug-likeness (QED) is 0.928. The van der Waals surface area contributed by atoms with Gasteiger partial charge in [-0.05, 0) is 44.2 Å². The van der Waals surface area contributed by atoms with Gasteiger partial charge in [-0.2, -0.15) is 5.26 Å². The van der Waals surface area contributed by atoms with Crippen LogP contribution in [0.2, 0.25) is 0 Å². The minimum Gasteiger partial charge on any atom is -0.483 e. The maximum Gasteiger partial charge on any atom is 0.148 e. The molecule has 0 saturated heterocycles. The summed E-state index contributed by atoms with van der Waals surface area (Å²) >= 11 is 1.68. The number of hydrogen-bond acceptors (Lipinski definition) is 4. The van der Waals surface area contributed by atoms with Crippen LogP contribution in [0.15, 0.2) is 36.4 Å². The first-order valence-corrected chi connectivity index (χ1v) is 6.90. The number of rotatable bonds is 4. The summed E-state index contributed by atoms with van der Waals surface area (Å²) in [6, 6.07) is 13.2. The molecular weight excluding hydrogens is 256 g/mol. The summed E-state index contributed by atoms with van der Waals surface area (Å²) < 4.78 is 5.95. The molecule has 3 nitrogen and oxygen atoms in total. The topological polar surface area (TPSA) is 59.0 Å². The molecule has 19 heavy (non-hydrogen) atoms. The highest BCUT2D eigenvalue weighted by Crippen LogP contribution is 2.29. The van der Waals surface area contributed by atoms with Crippen molar-refractivity contribution >= 4 is 11.3 Å². The van der Waals surface area contributed by atoms with E-state index in [0.29, 0.717) is 11.3 Å². The average molecular weight is 272 g/mol. The van der Waals surface area contributed by atoms with E-state index in [-0.39, 0.29) is 12.1 Å². The molecule has 2 rings (SSSR count). The zero-order chi connectivity index (χ0) is 13.8. The lowest BCUT2D eigenvalue weighted by atomic mass is 10.1. The predicted molar refractivity (Wildman–Crippen MR) is 77.2 cm³/mol. The van der Waals surface area contributed by atoms with Gasteiger partial charge >= 0.3 is 0 Å². The molecule has 0 saturated carbocycles. The lowest BCUT2D eigenvalue weighted by Gasteiger charge is -2.21. The Morgan fingerprint density at radius 2 is 2.11 bits per heavy atom. The summed E-state index contributed by atoms with van der Waals surface area (Å²) in [7, 11) is 0. The van der Waals surface area contributed by atoms with Gasteiger partial charge in [0, 0.05) is 15.8 Å². The Kier molecular flexibility index (Phi) is 4.20. The number of ether oxygens (including phenoxy) is 1. The highest BCUT2D eigenvalue weighted by molar-refractivity contribution is 7.12. The number of aryl methyl sites for hydroxylation is 1. The number of benzene rings is 1. The highest BCUT2D eigenvalue weighted by Gasteiger charge is 2.20. The zero-order valence-electron chi connectivity index (χ0n) is 11.0. The van der Waals surface area contributed by atoms with Crippen LogP contribution in [0.1, 0.15) is 28.3 Å². The second-order valence-electron chi connectivity index (χ2n) is 4.49. The zero-order valence-corrected chi connectivity index (χ0v) is 11.8. The molecule has 2 atom stereocenters. The Morgan fingerprint density at radius 1 is 1.32 bits per heavy atom. The SMILES string of the molecule is Cc1ccc(C(Oc2cccc(C#N)c2)C(C)N)s1. The highest BCUT2D eigenvalue weighted by atomic mass is 32.1. The van der Waals surface area contributed by atoms with Crippen molar-refractivity contribution < 1.29 is 4.74 Å². The molecular formula is C15H16N2OS. The van der Waals surface area contributed by atoms with Crippen molar-refractivity contribution in [3.8, 4) is 11.8 Å². The summed E-state index contributed by atoms with van der Waals surface area (Å²) in [6.45, 7) is 3.98. The molecule has 0 amide bonds. The lowest BCUT2D eigenvalue weighted by Crippen LogP contribution is -2.28. The van der Waals surface area contributed by atoms with Gasteiger partial charge in [0.2, 0.25) is 0 Å². The fourth-order valence-corrected chi connectivity index (χ4v) is 2.84. The molecule has 2 aromatic rings. The maximum atomic E-state index is 8.90. The molecule has 2 N–H and O–H groups in total. The average Bonchev–Trinajstić information content (AvgIpc) is 2.82. The summed E-state index contributed by atoms with van der Waals surface area (Å²) in [5, 5.41) is 8.90. The van der Waals surface area contributed by atoms with E-state index in [4.69, 9.17) is 15.7 Å². The van der Waals surface area contributed by atoms with Crippen LogP contribution >= 0.6 is 11.3 Å². The first kappa shape index (κ1) is 13.6. The molecule has 1 heterocycles. The van der Waals surface area contributed by atoms with Gasteiger partial charge in [0.15, 0.2) is 0 Å². The molecule has 0 bridgehead atoms. The summed E-state index contributed by atoms with van der Waals surface area (Å²) in [4.78, 5) is 2.34. The van der Waals surface area contributed by atoms with E-state index in [2.05, 4.69) is 19.1 Å². The number of hydrogen-bond donors (Lipinski definition) is 1. The van der Waals surface area contributed by atoms with Crippen molar-refractivity contribution in [2.24, 2.45) is 5.73 Å². The van der Waals surface area contributed by atoms with Crippen molar-refractivity contribution in [1.82, 2.24) is 0 Å². The third-order valence-corrected chi connectivity index (χ3v) is 3.81. The van der Waals surface area contributed by atoms with E-state index in [1.807, 2.05) is 25.1 Å². The molecule has 0 fully saturated rings. The Balaban J connectivity index is 2.24. The first-order chi connectivity index (χ1) is 9.10. The summed E-state index contributed by atoms with van der Waals surface area (Å²) in [5.74, 6) is 0.674. The Bertz CT molecular complexity index is 598. The molecule has 0 aliphatic rings. The molecule has 0 radical (unpaired) electrons. The molecule has 0 spiro atoms. The standard InChI is InChI=1S/C15H16N2OS/c1-10-6-7-14(19-10)15(11(2)17)18-13-5-3-4-12(8-13)9-16/h3-8,11,15H,17H2,1-2H3. The van der Waals surface area contributed by atoms with E-state index < -0.39 is 0 Å². The van der Waals surface area contributed by atoms with Crippen LogP contribution in [0.4, 0.5) is 0 Å². The fraction of sp³-hybridized carbons (Fsp3) is 0.267. The van der Waals surface area contributed by atoms with Gasteiger partial charge in [-0.25, -0.2) is 0 Å². The first-order valence-electron chi connectivity index (χ1n) is 6.09. The van der Waals surface area contributed by atoms with E-state index in [1.165, 1.54) is 4.88 Å². The van der Waals surface area contributed by atoms with Crippen molar-refractivity contribution in [1.29, 1.82) is 5.26 Å². The number of nitriles is 1. The van der Waals surface area contributed by atoms with Gasteiger partial charge in [-0.1, -0.05) is 6.07 Å². The third kappa shape index (κ3) is 3.34. The van der Waals surface area contributed by atoms with Crippen molar-refractivity contribution in [3.05, 3.63) is 51.7 Å². The van der Waals surface area contributed by atoms with Gasteiger partial charge in [-0.3, -0.25) is 0 Å².